The third-order valence-electron chi connectivity index (χ3n) is 3.01. The molecule has 17 heavy (non-hydrogen) atoms. The van der Waals surface area contributed by atoms with Crippen LogP contribution in [0.5, 0.6) is 0 Å². The van der Waals surface area contributed by atoms with E-state index >= 15 is 0 Å². The normalized spacial score (nSPS) is 32.4. The Bertz CT molecular complexity index is 417. The van der Waals surface area contributed by atoms with Gasteiger partial charge in [0.25, 0.3) is 0 Å². The summed E-state index contributed by atoms with van der Waals surface area (Å²) in [6.07, 6.45) is -0.277. The summed E-state index contributed by atoms with van der Waals surface area (Å²) in [6, 6.07) is 0. The van der Waals surface area contributed by atoms with Crippen LogP contribution >= 0.6 is 27.5 Å². The van der Waals surface area contributed by atoms with Gasteiger partial charge in [0.1, 0.15) is 0 Å². The summed E-state index contributed by atoms with van der Waals surface area (Å²) in [6.45, 7) is 2.56. The average molecular weight is 330 g/mol. The first kappa shape index (κ1) is 14.4. The molecule has 0 bridgehead atoms. The number of hydrogen-bond donors (Lipinski definition) is 2. The lowest BCUT2D eigenvalue weighted by atomic mass is 9.70. The highest BCUT2D eigenvalue weighted by Gasteiger charge is 2.58. The number of hydrogen-bond acceptors (Lipinski definition) is 2. The van der Waals surface area contributed by atoms with Crippen LogP contribution in [0.4, 0.5) is 4.39 Å². The average Bonchev–Trinajstić information content (AvgIpc) is 2.12. The first-order valence-corrected chi connectivity index (χ1v) is 6.05. The summed E-state index contributed by atoms with van der Waals surface area (Å²) in [5, 5.41) is 15.7. The lowest BCUT2D eigenvalue weighted by Gasteiger charge is -2.43. The minimum atomic E-state index is -2.36. The van der Waals surface area contributed by atoms with Crippen LogP contribution in [0.2, 0.25) is 0 Å². The molecule has 0 fully saturated rings. The maximum atomic E-state index is 14.3. The molecule has 1 aliphatic carbocycles. The third kappa shape index (κ3) is 2.08. The van der Waals surface area contributed by atoms with Crippen molar-refractivity contribution in [2.45, 2.75) is 30.2 Å². The molecule has 1 rings (SSSR count). The second-order valence-electron chi connectivity index (χ2n) is 4.38. The zero-order chi connectivity index (χ0) is 13.6. The van der Waals surface area contributed by atoms with Gasteiger partial charge in [-0.1, -0.05) is 41.4 Å². The zero-order valence-corrected chi connectivity index (χ0v) is 11.5. The summed E-state index contributed by atoms with van der Waals surface area (Å²) >= 11 is 8.69. The van der Waals surface area contributed by atoms with Crippen molar-refractivity contribution in [1.82, 2.24) is 0 Å². The number of halogens is 3. The van der Waals surface area contributed by atoms with Gasteiger partial charge < -0.3 is 10.2 Å². The first-order valence-electron chi connectivity index (χ1n) is 4.75. The van der Waals surface area contributed by atoms with Gasteiger partial charge in [-0.05, 0) is 6.42 Å². The molecule has 0 heterocycles. The van der Waals surface area contributed by atoms with Gasteiger partial charge in [-0.15, -0.1) is 0 Å². The molecule has 0 aromatic rings. The van der Waals surface area contributed by atoms with Crippen molar-refractivity contribution in [3.05, 3.63) is 11.1 Å². The molecule has 1 aliphatic rings. The Morgan fingerprint density at radius 2 is 1.88 bits per heavy atom. The minimum absolute atomic E-state index is 0.277. The van der Waals surface area contributed by atoms with Crippen molar-refractivity contribution < 1.29 is 24.2 Å². The summed E-state index contributed by atoms with van der Waals surface area (Å²) in [7, 11) is 0. The number of carboxylic acid groups (broad SMARTS) is 2. The van der Waals surface area contributed by atoms with Gasteiger partial charge in [0, 0.05) is 11.0 Å². The van der Waals surface area contributed by atoms with E-state index < -0.39 is 32.9 Å². The Labute approximate surface area is 111 Å². The molecule has 0 aromatic heterocycles. The van der Waals surface area contributed by atoms with Crippen LogP contribution in [0.1, 0.15) is 20.3 Å². The smallest absolute Gasteiger partial charge is 0.332 e. The Hall–Kier alpha value is -0.620. The Morgan fingerprint density at radius 1 is 1.41 bits per heavy atom. The predicted octanol–water partition coefficient (Wildman–Crippen LogP) is 2.55. The third-order valence-corrected chi connectivity index (χ3v) is 4.96. The fourth-order valence-corrected chi connectivity index (χ4v) is 3.00. The van der Waals surface area contributed by atoms with Crippen LogP contribution in [0.15, 0.2) is 11.1 Å². The van der Waals surface area contributed by atoms with Gasteiger partial charge in [0.05, 0.1) is 10.4 Å². The second-order valence-corrected chi connectivity index (χ2v) is 6.04. The standard InChI is InChI=1S/C10H11BrClFO4/c1-9(2)6(8(16)17)4(7(14)15)3-5(11)10(9,12)13/h5H,3H2,1-2H3,(H,14,15)(H,16,17). The van der Waals surface area contributed by atoms with E-state index in [-0.39, 0.29) is 12.0 Å². The maximum Gasteiger partial charge on any atom is 0.332 e. The van der Waals surface area contributed by atoms with Gasteiger partial charge in [0.15, 0.2) is 0 Å². The Balaban J connectivity index is 3.54. The lowest BCUT2D eigenvalue weighted by Crippen LogP contribution is -2.50. The molecule has 0 amide bonds. The monoisotopic (exact) mass is 328 g/mol. The van der Waals surface area contributed by atoms with Crippen LogP contribution in [0.25, 0.3) is 0 Å². The van der Waals surface area contributed by atoms with E-state index in [0.717, 1.165) is 0 Å². The fraction of sp³-hybridized carbons (Fsp3) is 0.600. The quantitative estimate of drug-likeness (QED) is 0.764. The molecular formula is C10H11BrClFO4. The molecule has 0 saturated heterocycles. The fourth-order valence-electron chi connectivity index (χ4n) is 1.94. The van der Waals surface area contributed by atoms with Crippen molar-refractivity contribution in [3.8, 4) is 0 Å². The maximum absolute atomic E-state index is 14.3. The lowest BCUT2D eigenvalue weighted by molar-refractivity contribution is -0.138. The van der Waals surface area contributed by atoms with Crippen molar-refractivity contribution >= 4 is 39.5 Å². The van der Waals surface area contributed by atoms with Crippen molar-refractivity contribution in [1.29, 1.82) is 0 Å². The van der Waals surface area contributed by atoms with E-state index in [1.165, 1.54) is 13.8 Å². The summed E-state index contributed by atoms with van der Waals surface area (Å²) < 4.78 is 14.3. The number of rotatable bonds is 2. The van der Waals surface area contributed by atoms with E-state index in [2.05, 4.69) is 15.9 Å². The van der Waals surface area contributed by atoms with E-state index in [9.17, 15) is 14.0 Å². The molecule has 2 atom stereocenters. The van der Waals surface area contributed by atoms with Gasteiger partial charge in [-0.2, -0.15) is 0 Å². The highest BCUT2D eigenvalue weighted by atomic mass is 79.9. The second kappa shape index (κ2) is 4.24. The van der Waals surface area contributed by atoms with E-state index in [1.807, 2.05) is 0 Å². The molecule has 2 unspecified atom stereocenters. The molecule has 7 heteroatoms. The number of aliphatic carboxylic acids is 2. The summed E-state index contributed by atoms with van der Waals surface area (Å²) in [5.74, 6) is -2.83. The van der Waals surface area contributed by atoms with E-state index in [0.29, 0.717) is 0 Å². The van der Waals surface area contributed by atoms with Crippen LogP contribution in [0.3, 0.4) is 0 Å². The largest absolute Gasteiger partial charge is 0.478 e. The Kier molecular flexibility index (Phi) is 3.60. The topological polar surface area (TPSA) is 74.6 Å². The Morgan fingerprint density at radius 3 is 2.24 bits per heavy atom. The van der Waals surface area contributed by atoms with Gasteiger partial charge >= 0.3 is 11.9 Å². The minimum Gasteiger partial charge on any atom is -0.478 e. The molecule has 96 valence electrons. The number of alkyl halides is 3. The van der Waals surface area contributed by atoms with Crippen LogP contribution in [-0.2, 0) is 9.59 Å². The highest BCUT2D eigenvalue weighted by Crippen LogP contribution is 2.54. The molecule has 0 aromatic carbocycles. The predicted molar refractivity (Wildman–Crippen MR) is 63.1 cm³/mol. The van der Waals surface area contributed by atoms with Gasteiger partial charge in [-0.3, -0.25) is 0 Å². The SMILES string of the molecule is CC1(C)C(C(=O)O)=C(C(=O)O)CC(Br)C1(F)Cl. The molecule has 0 aliphatic heterocycles. The summed E-state index contributed by atoms with van der Waals surface area (Å²) in [5.41, 5.74) is -2.42. The van der Waals surface area contributed by atoms with Crippen molar-refractivity contribution in [3.63, 3.8) is 0 Å². The van der Waals surface area contributed by atoms with Crippen LogP contribution < -0.4 is 0 Å². The molecule has 4 nitrogen and oxygen atoms in total. The first-order chi connectivity index (χ1) is 7.53. The molecule has 2 N–H and O–H groups in total. The zero-order valence-electron chi connectivity index (χ0n) is 9.13. The molecule has 0 saturated carbocycles. The van der Waals surface area contributed by atoms with E-state index in [1.54, 1.807) is 0 Å². The number of carboxylic acids is 2. The molecule has 0 radical (unpaired) electrons. The van der Waals surface area contributed by atoms with Gasteiger partial charge in [-0.25, -0.2) is 14.0 Å². The van der Waals surface area contributed by atoms with Crippen molar-refractivity contribution in [2.24, 2.45) is 5.41 Å². The number of carbonyl (C=O) groups is 2. The van der Waals surface area contributed by atoms with Crippen molar-refractivity contribution in [2.75, 3.05) is 0 Å². The summed E-state index contributed by atoms with van der Waals surface area (Å²) in [4.78, 5) is 21.2. The van der Waals surface area contributed by atoms with E-state index in [4.69, 9.17) is 21.8 Å². The highest BCUT2D eigenvalue weighted by molar-refractivity contribution is 9.09. The molecule has 0 spiro atoms. The van der Waals surface area contributed by atoms with Crippen LogP contribution in [-0.4, -0.2) is 32.1 Å². The van der Waals surface area contributed by atoms with Crippen LogP contribution in [0, 0.1) is 5.41 Å². The molecular weight excluding hydrogens is 318 g/mol. The van der Waals surface area contributed by atoms with Gasteiger partial charge in [0.2, 0.25) is 5.13 Å².